The van der Waals surface area contributed by atoms with Gasteiger partial charge < -0.3 is 21.1 Å². The largest absolute Gasteiger partial charge is 0.457 e. The highest BCUT2D eigenvalue weighted by molar-refractivity contribution is 5.92. The van der Waals surface area contributed by atoms with Crippen LogP contribution in [0.25, 0.3) is 0 Å². The number of carbonyl (C=O) groups is 1. The van der Waals surface area contributed by atoms with Crippen LogP contribution in [-0.4, -0.2) is 19.0 Å². The van der Waals surface area contributed by atoms with Gasteiger partial charge in [-0.3, -0.25) is 4.79 Å². The van der Waals surface area contributed by atoms with Gasteiger partial charge in [-0.2, -0.15) is 0 Å². The second kappa shape index (κ2) is 8.30. The molecule has 1 aliphatic heterocycles. The fourth-order valence-electron chi connectivity index (χ4n) is 2.94. The summed E-state index contributed by atoms with van der Waals surface area (Å²) in [6, 6.07) is 18.9. The van der Waals surface area contributed by atoms with Gasteiger partial charge in [-0.1, -0.05) is 31.2 Å². The summed E-state index contributed by atoms with van der Waals surface area (Å²) < 4.78 is 5.77. The molecule has 0 aromatic heterocycles. The molecule has 1 unspecified atom stereocenters. The molecule has 26 heavy (non-hydrogen) atoms. The van der Waals surface area contributed by atoms with Crippen LogP contribution in [-0.2, 0) is 4.79 Å². The third-order valence-corrected chi connectivity index (χ3v) is 4.38. The molecule has 134 valence electrons. The SMILES string of the molecule is CC(CC(C(N)=O)=C1NCCCN1)c1ccc(Oc2cc#ccc2)cc1. The van der Waals surface area contributed by atoms with E-state index in [1.807, 2.05) is 30.3 Å². The lowest BCUT2D eigenvalue weighted by atomic mass is 9.93. The highest BCUT2D eigenvalue weighted by Gasteiger charge is 2.18. The molecule has 0 aliphatic carbocycles. The summed E-state index contributed by atoms with van der Waals surface area (Å²) >= 11 is 0. The fourth-order valence-corrected chi connectivity index (χ4v) is 2.94. The number of carbonyl (C=O) groups excluding carboxylic acids is 1. The van der Waals surface area contributed by atoms with Crippen LogP contribution in [0.4, 0.5) is 0 Å². The van der Waals surface area contributed by atoms with E-state index < -0.39 is 0 Å². The molecule has 1 fully saturated rings. The molecule has 0 radical (unpaired) electrons. The highest BCUT2D eigenvalue weighted by atomic mass is 16.5. The van der Waals surface area contributed by atoms with E-state index in [0.717, 1.165) is 42.4 Å². The molecule has 2 aromatic rings. The second-order valence-corrected chi connectivity index (χ2v) is 6.37. The van der Waals surface area contributed by atoms with Crippen molar-refractivity contribution in [1.29, 1.82) is 0 Å². The van der Waals surface area contributed by atoms with Crippen molar-refractivity contribution in [3.63, 3.8) is 0 Å². The predicted octanol–water partition coefficient (Wildman–Crippen LogP) is 2.85. The zero-order valence-corrected chi connectivity index (χ0v) is 14.8. The van der Waals surface area contributed by atoms with Crippen LogP contribution in [0.3, 0.4) is 0 Å². The molecule has 0 bridgehead atoms. The number of primary amides is 1. The van der Waals surface area contributed by atoms with Crippen molar-refractivity contribution >= 4 is 5.91 Å². The maximum atomic E-state index is 11.9. The Morgan fingerprint density at radius 3 is 2.50 bits per heavy atom. The first-order valence-corrected chi connectivity index (χ1v) is 8.80. The van der Waals surface area contributed by atoms with Crippen molar-refractivity contribution in [3.8, 4) is 11.5 Å². The van der Waals surface area contributed by atoms with Crippen molar-refractivity contribution in [1.82, 2.24) is 10.6 Å². The van der Waals surface area contributed by atoms with Crippen LogP contribution in [0.1, 0.15) is 31.2 Å². The summed E-state index contributed by atoms with van der Waals surface area (Å²) in [7, 11) is 0. The van der Waals surface area contributed by atoms with E-state index in [1.165, 1.54) is 0 Å². The summed E-state index contributed by atoms with van der Waals surface area (Å²) in [5, 5.41) is 6.47. The Morgan fingerprint density at radius 2 is 1.88 bits per heavy atom. The van der Waals surface area contributed by atoms with Gasteiger partial charge in [0, 0.05) is 19.2 Å². The van der Waals surface area contributed by atoms with Crippen molar-refractivity contribution < 1.29 is 9.53 Å². The van der Waals surface area contributed by atoms with Crippen LogP contribution < -0.4 is 21.1 Å². The number of ether oxygens (including phenoxy) is 1. The number of hydrogen-bond acceptors (Lipinski definition) is 4. The number of nitrogens with two attached hydrogens (primary N) is 1. The molecule has 5 nitrogen and oxygen atoms in total. The molecular weight excluding hydrogens is 326 g/mol. The molecule has 1 atom stereocenters. The number of benzene rings is 1. The van der Waals surface area contributed by atoms with Gasteiger partial charge >= 0.3 is 0 Å². The minimum absolute atomic E-state index is 0.157. The minimum atomic E-state index is -0.383. The molecular formula is C21H23N3O2. The van der Waals surface area contributed by atoms with Gasteiger partial charge in [0.15, 0.2) is 0 Å². The maximum absolute atomic E-state index is 11.9. The van der Waals surface area contributed by atoms with Crippen LogP contribution >= 0.6 is 0 Å². The van der Waals surface area contributed by atoms with Crippen LogP contribution in [0.15, 0.2) is 53.9 Å². The fraction of sp³-hybridized carbons (Fsp3) is 0.286. The Kier molecular flexibility index (Phi) is 5.65. The number of nitrogens with one attached hydrogen (secondary N) is 2. The van der Waals surface area contributed by atoms with E-state index in [2.05, 4.69) is 29.7 Å². The van der Waals surface area contributed by atoms with Crippen molar-refractivity contribution in [3.05, 3.63) is 71.6 Å². The third-order valence-electron chi connectivity index (χ3n) is 4.38. The molecule has 5 heteroatoms. The number of rotatable bonds is 6. The van der Waals surface area contributed by atoms with E-state index in [4.69, 9.17) is 10.5 Å². The van der Waals surface area contributed by atoms with Crippen LogP contribution in [0.5, 0.6) is 11.5 Å². The Balaban J connectivity index is 1.69. The first-order valence-electron chi connectivity index (χ1n) is 8.80. The molecule has 3 rings (SSSR count). The van der Waals surface area contributed by atoms with Gasteiger partial charge in [-0.05, 0) is 48.6 Å². The predicted molar refractivity (Wildman–Crippen MR) is 101 cm³/mol. The Morgan fingerprint density at radius 1 is 1.15 bits per heavy atom. The highest BCUT2D eigenvalue weighted by Crippen LogP contribution is 2.27. The first-order chi connectivity index (χ1) is 12.6. The van der Waals surface area contributed by atoms with Gasteiger partial charge in [-0.15, -0.1) is 0 Å². The number of amides is 1. The normalized spacial score (nSPS) is 14.4. The Labute approximate surface area is 154 Å². The second-order valence-electron chi connectivity index (χ2n) is 6.37. The van der Waals surface area contributed by atoms with Gasteiger partial charge in [0.25, 0.3) is 0 Å². The first kappa shape index (κ1) is 17.7. The zero-order valence-electron chi connectivity index (χ0n) is 14.8. The van der Waals surface area contributed by atoms with Gasteiger partial charge in [0.05, 0.1) is 5.57 Å². The monoisotopic (exact) mass is 349 g/mol. The maximum Gasteiger partial charge on any atom is 0.248 e. The Hall–Kier alpha value is -3.13. The molecule has 1 heterocycles. The molecule has 0 saturated carbocycles. The van der Waals surface area contributed by atoms with Crippen LogP contribution in [0, 0.1) is 12.1 Å². The topological polar surface area (TPSA) is 76.4 Å². The minimum Gasteiger partial charge on any atom is -0.457 e. The summed E-state index contributed by atoms with van der Waals surface area (Å²) in [6.07, 6.45) is 1.61. The summed E-state index contributed by atoms with van der Waals surface area (Å²) in [5.74, 6) is 2.02. The average molecular weight is 349 g/mol. The third kappa shape index (κ3) is 4.48. The van der Waals surface area contributed by atoms with E-state index in [9.17, 15) is 4.79 Å². The zero-order chi connectivity index (χ0) is 18.4. The van der Waals surface area contributed by atoms with E-state index in [1.54, 1.807) is 12.1 Å². The van der Waals surface area contributed by atoms with E-state index in [-0.39, 0.29) is 11.8 Å². The summed E-state index contributed by atoms with van der Waals surface area (Å²) in [5.41, 5.74) is 7.35. The van der Waals surface area contributed by atoms with Crippen LogP contribution in [0.2, 0.25) is 0 Å². The summed E-state index contributed by atoms with van der Waals surface area (Å²) in [4.78, 5) is 11.9. The van der Waals surface area contributed by atoms with Crippen molar-refractivity contribution in [2.45, 2.75) is 25.7 Å². The molecule has 2 aromatic carbocycles. The molecule has 1 saturated heterocycles. The number of hydrogen-bond donors (Lipinski definition) is 3. The lowest BCUT2D eigenvalue weighted by molar-refractivity contribution is -0.114. The average Bonchev–Trinajstić information content (AvgIpc) is 2.68. The van der Waals surface area contributed by atoms with Gasteiger partial charge in [-0.25, -0.2) is 0 Å². The lowest BCUT2D eigenvalue weighted by Gasteiger charge is -2.23. The smallest absolute Gasteiger partial charge is 0.248 e. The Bertz CT molecular complexity index is 762. The van der Waals surface area contributed by atoms with Crippen molar-refractivity contribution in [2.24, 2.45) is 5.73 Å². The molecule has 4 N–H and O–H groups in total. The lowest BCUT2D eigenvalue weighted by Crippen LogP contribution is -2.38. The molecule has 1 amide bonds. The van der Waals surface area contributed by atoms with E-state index in [0.29, 0.717) is 12.0 Å². The van der Waals surface area contributed by atoms with Gasteiger partial charge in [0.1, 0.15) is 17.3 Å². The quantitative estimate of drug-likeness (QED) is 0.701. The van der Waals surface area contributed by atoms with Crippen molar-refractivity contribution in [2.75, 3.05) is 13.1 Å². The van der Waals surface area contributed by atoms with E-state index >= 15 is 0 Å². The van der Waals surface area contributed by atoms with Gasteiger partial charge in [0.2, 0.25) is 5.91 Å². The molecule has 0 spiro atoms. The summed E-state index contributed by atoms with van der Waals surface area (Å²) in [6.45, 7) is 3.80. The standard InChI is InChI=1S/C21H23N3O2/c1-15(14-19(20(22)25)21-23-12-5-13-24-21)16-8-10-18(11-9-16)26-17-6-3-2-4-7-17/h3,6-11,15,23-24H,5,12-14H2,1H3,(H2,22,25). The molecule has 1 aliphatic rings.